The molecular formula is C18H18N2O3. The summed E-state index contributed by atoms with van der Waals surface area (Å²) in [5, 5.41) is 9.10. The molecule has 1 heterocycles. The fraction of sp³-hybridized carbons (Fsp3) is 0.111. The van der Waals surface area contributed by atoms with Crippen molar-refractivity contribution >= 4 is 5.97 Å². The van der Waals surface area contributed by atoms with Crippen LogP contribution in [0.1, 0.15) is 11.3 Å². The van der Waals surface area contributed by atoms with E-state index in [1.807, 2.05) is 65.2 Å². The standard InChI is InChI=1S/C18H16N2O2.H2O/c21-17(22)11-16-12-19-18(15-9-5-2-6-10-15)20(16)13-14-7-3-1-4-8-14;/h1-10,12H,11,13H2,(H,21,22);1H2. The first kappa shape index (κ1) is 16.5. The molecule has 0 saturated carbocycles. The van der Waals surface area contributed by atoms with E-state index in [9.17, 15) is 4.79 Å². The van der Waals surface area contributed by atoms with Crippen molar-refractivity contribution in [3.05, 3.63) is 78.1 Å². The summed E-state index contributed by atoms with van der Waals surface area (Å²) in [6, 6.07) is 19.8. The molecule has 3 N–H and O–H groups in total. The lowest BCUT2D eigenvalue weighted by atomic mass is 10.2. The van der Waals surface area contributed by atoms with Crippen LogP contribution in [0, 0.1) is 0 Å². The number of aromatic nitrogens is 2. The molecule has 23 heavy (non-hydrogen) atoms. The predicted molar refractivity (Wildman–Crippen MR) is 88.2 cm³/mol. The van der Waals surface area contributed by atoms with E-state index in [2.05, 4.69) is 4.98 Å². The Kier molecular flexibility index (Phi) is 5.28. The van der Waals surface area contributed by atoms with Crippen molar-refractivity contribution in [1.29, 1.82) is 0 Å². The highest BCUT2D eigenvalue weighted by Crippen LogP contribution is 2.21. The molecule has 0 aliphatic carbocycles. The Morgan fingerprint density at radius 1 is 1.00 bits per heavy atom. The van der Waals surface area contributed by atoms with Crippen LogP contribution in [0.3, 0.4) is 0 Å². The van der Waals surface area contributed by atoms with Gasteiger partial charge in [-0.15, -0.1) is 0 Å². The monoisotopic (exact) mass is 310 g/mol. The van der Waals surface area contributed by atoms with E-state index in [1.165, 1.54) is 0 Å². The maximum absolute atomic E-state index is 11.1. The molecule has 0 bridgehead atoms. The molecule has 3 rings (SSSR count). The van der Waals surface area contributed by atoms with Gasteiger partial charge in [0.1, 0.15) is 5.82 Å². The van der Waals surface area contributed by atoms with Gasteiger partial charge in [-0.2, -0.15) is 0 Å². The summed E-state index contributed by atoms with van der Waals surface area (Å²) in [7, 11) is 0. The number of imidazole rings is 1. The fourth-order valence-electron chi connectivity index (χ4n) is 2.47. The number of carbonyl (C=O) groups is 1. The molecule has 0 amide bonds. The average Bonchev–Trinajstić information content (AvgIpc) is 2.91. The molecule has 0 unspecified atom stereocenters. The third-order valence-corrected chi connectivity index (χ3v) is 3.49. The van der Waals surface area contributed by atoms with Gasteiger partial charge in [0.05, 0.1) is 6.42 Å². The SMILES string of the molecule is O.O=C(O)Cc1cnc(-c2ccccc2)n1Cc1ccccc1. The van der Waals surface area contributed by atoms with Crippen molar-refractivity contribution in [3.8, 4) is 11.4 Å². The van der Waals surface area contributed by atoms with E-state index in [0.29, 0.717) is 12.2 Å². The Morgan fingerprint density at radius 2 is 1.61 bits per heavy atom. The van der Waals surface area contributed by atoms with Crippen molar-refractivity contribution in [1.82, 2.24) is 9.55 Å². The van der Waals surface area contributed by atoms with Gasteiger partial charge in [-0.3, -0.25) is 4.79 Å². The number of hydrogen-bond acceptors (Lipinski definition) is 2. The summed E-state index contributed by atoms with van der Waals surface area (Å²) in [5.74, 6) is -0.0606. The molecule has 0 saturated heterocycles. The van der Waals surface area contributed by atoms with E-state index in [0.717, 1.165) is 17.0 Å². The Bertz CT molecular complexity index is 767. The molecule has 5 nitrogen and oxygen atoms in total. The number of carboxylic acid groups (broad SMARTS) is 1. The Labute approximate surface area is 134 Å². The van der Waals surface area contributed by atoms with Gasteiger partial charge in [0.25, 0.3) is 0 Å². The van der Waals surface area contributed by atoms with Crippen molar-refractivity contribution in [2.45, 2.75) is 13.0 Å². The summed E-state index contributed by atoms with van der Waals surface area (Å²) in [4.78, 5) is 15.5. The molecule has 0 aliphatic rings. The quantitative estimate of drug-likeness (QED) is 0.785. The zero-order valence-electron chi connectivity index (χ0n) is 12.5. The molecule has 2 aromatic carbocycles. The Hall–Kier alpha value is -2.92. The van der Waals surface area contributed by atoms with Gasteiger partial charge < -0.3 is 15.1 Å². The summed E-state index contributed by atoms with van der Waals surface area (Å²) in [5.41, 5.74) is 2.80. The first-order chi connectivity index (χ1) is 10.7. The summed E-state index contributed by atoms with van der Waals surface area (Å²) < 4.78 is 1.97. The van der Waals surface area contributed by atoms with Crippen molar-refractivity contribution < 1.29 is 15.4 Å². The first-order valence-electron chi connectivity index (χ1n) is 7.09. The van der Waals surface area contributed by atoms with Crippen molar-refractivity contribution in [2.75, 3.05) is 0 Å². The summed E-state index contributed by atoms with van der Waals surface area (Å²) in [6.07, 6.45) is 1.62. The van der Waals surface area contributed by atoms with Gasteiger partial charge in [-0.1, -0.05) is 60.7 Å². The van der Waals surface area contributed by atoms with Crippen LogP contribution < -0.4 is 0 Å². The van der Waals surface area contributed by atoms with Gasteiger partial charge in [0, 0.05) is 24.0 Å². The second kappa shape index (κ2) is 7.38. The average molecular weight is 310 g/mol. The normalized spacial score (nSPS) is 10.1. The third kappa shape index (κ3) is 3.84. The number of carboxylic acids is 1. The number of benzene rings is 2. The summed E-state index contributed by atoms with van der Waals surface area (Å²) >= 11 is 0. The van der Waals surface area contributed by atoms with Gasteiger partial charge in [0.15, 0.2) is 0 Å². The Morgan fingerprint density at radius 3 is 2.22 bits per heavy atom. The maximum Gasteiger partial charge on any atom is 0.309 e. The van der Waals surface area contributed by atoms with Crippen LogP contribution in [-0.2, 0) is 17.8 Å². The molecule has 1 aromatic heterocycles. The van der Waals surface area contributed by atoms with E-state index in [4.69, 9.17) is 5.11 Å². The molecule has 0 atom stereocenters. The molecule has 0 radical (unpaired) electrons. The van der Waals surface area contributed by atoms with Gasteiger partial charge in [0.2, 0.25) is 0 Å². The topological polar surface area (TPSA) is 86.6 Å². The van der Waals surface area contributed by atoms with Gasteiger partial charge in [-0.05, 0) is 5.56 Å². The smallest absolute Gasteiger partial charge is 0.309 e. The van der Waals surface area contributed by atoms with Crippen LogP contribution in [0.4, 0.5) is 0 Å². The van der Waals surface area contributed by atoms with Crippen LogP contribution in [-0.4, -0.2) is 26.1 Å². The van der Waals surface area contributed by atoms with Gasteiger partial charge >= 0.3 is 5.97 Å². The van der Waals surface area contributed by atoms with E-state index >= 15 is 0 Å². The third-order valence-electron chi connectivity index (χ3n) is 3.49. The lowest BCUT2D eigenvalue weighted by Gasteiger charge is -2.11. The minimum Gasteiger partial charge on any atom is -0.481 e. The first-order valence-corrected chi connectivity index (χ1v) is 7.09. The summed E-state index contributed by atoms with van der Waals surface area (Å²) in [6.45, 7) is 0.605. The van der Waals surface area contributed by atoms with E-state index in [-0.39, 0.29) is 11.9 Å². The largest absolute Gasteiger partial charge is 0.481 e. The lowest BCUT2D eigenvalue weighted by molar-refractivity contribution is -0.136. The zero-order chi connectivity index (χ0) is 15.4. The Balaban J connectivity index is 0.00000192. The highest BCUT2D eigenvalue weighted by atomic mass is 16.4. The fourth-order valence-corrected chi connectivity index (χ4v) is 2.47. The molecule has 118 valence electrons. The molecule has 5 heteroatoms. The van der Waals surface area contributed by atoms with Crippen LogP contribution >= 0.6 is 0 Å². The highest BCUT2D eigenvalue weighted by Gasteiger charge is 2.14. The van der Waals surface area contributed by atoms with Crippen LogP contribution in [0.25, 0.3) is 11.4 Å². The van der Waals surface area contributed by atoms with Crippen molar-refractivity contribution in [3.63, 3.8) is 0 Å². The minimum atomic E-state index is -0.853. The van der Waals surface area contributed by atoms with Gasteiger partial charge in [-0.25, -0.2) is 4.98 Å². The van der Waals surface area contributed by atoms with Crippen LogP contribution in [0.5, 0.6) is 0 Å². The number of rotatable bonds is 5. The maximum atomic E-state index is 11.1. The van der Waals surface area contributed by atoms with Crippen LogP contribution in [0.15, 0.2) is 66.9 Å². The number of nitrogens with zero attached hydrogens (tertiary/aromatic N) is 2. The minimum absolute atomic E-state index is 0. The van der Waals surface area contributed by atoms with E-state index < -0.39 is 5.97 Å². The molecule has 0 aliphatic heterocycles. The molecule has 0 fully saturated rings. The molecular weight excluding hydrogens is 292 g/mol. The van der Waals surface area contributed by atoms with Crippen LogP contribution in [0.2, 0.25) is 0 Å². The number of hydrogen-bond donors (Lipinski definition) is 1. The zero-order valence-corrected chi connectivity index (χ0v) is 12.5. The van der Waals surface area contributed by atoms with Crippen molar-refractivity contribution in [2.24, 2.45) is 0 Å². The molecule has 0 spiro atoms. The second-order valence-corrected chi connectivity index (χ2v) is 5.08. The second-order valence-electron chi connectivity index (χ2n) is 5.08. The molecule has 3 aromatic rings. The lowest BCUT2D eigenvalue weighted by Crippen LogP contribution is -2.10. The van der Waals surface area contributed by atoms with E-state index in [1.54, 1.807) is 6.20 Å². The predicted octanol–water partition coefficient (Wildman–Crippen LogP) is 2.40. The highest BCUT2D eigenvalue weighted by molar-refractivity contribution is 5.70. The number of aliphatic carboxylic acids is 1.